The molecule has 0 fully saturated rings. The molecule has 0 bridgehead atoms. The summed E-state index contributed by atoms with van der Waals surface area (Å²) in [4.78, 5) is 12.1. The zero-order valence-corrected chi connectivity index (χ0v) is 14.3. The Hall–Kier alpha value is -0.440. The minimum absolute atomic E-state index is 0.0753. The van der Waals surface area contributed by atoms with E-state index in [1.54, 1.807) is 0 Å². The maximum atomic E-state index is 12.1. The molecule has 1 aromatic carbocycles. The van der Waals surface area contributed by atoms with E-state index in [4.69, 9.17) is 39.5 Å². The number of rotatable bonds is 5. The summed E-state index contributed by atoms with van der Waals surface area (Å²) >= 11 is 17.7. The second-order valence-electron chi connectivity index (χ2n) is 5.39. The van der Waals surface area contributed by atoms with E-state index in [9.17, 15) is 4.79 Å². The molecule has 0 saturated heterocycles. The molecule has 0 heterocycles. The van der Waals surface area contributed by atoms with Gasteiger partial charge in [0.2, 0.25) is 0 Å². The van der Waals surface area contributed by atoms with Crippen molar-refractivity contribution in [3.8, 4) is 0 Å². The van der Waals surface area contributed by atoms with Crippen molar-refractivity contribution in [3.63, 3.8) is 0 Å². The molecule has 0 aliphatic carbocycles. The van der Waals surface area contributed by atoms with Crippen molar-refractivity contribution in [2.75, 3.05) is 6.61 Å². The molecule has 2 nitrogen and oxygen atoms in total. The van der Waals surface area contributed by atoms with E-state index in [-0.39, 0.29) is 26.0 Å². The van der Waals surface area contributed by atoms with Crippen LogP contribution in [-0.4, -0.2) is 12.6 Å². The van der Waals surface area contributed by atoms with Gasteiger partial charge in [0.05, 0.1) is 27.2 Å². The maximum Gasteiger partial charge on any atom is 0.340 e. The first-order valence-electron chi connectivity index (χ1n) is 6.45. The van der Waals surface area contributed by atoms with E-state index in [0.29, 0.717) is 12.5 Å². The summed E-state index contributed by atoms with van der Waals surface area (Å²) in [6.07, 6.45) is 0.908. The van der Waals surface area contributed by atoms with Crippen molar-refractivity contribution in [3.05, 3.63) is 32.8 Å². The normalized spacial score (nSPS) is 14.2. The van der Waals surface area contributed by atoms with Crippen molar-refractivity contribution in [2.24, 2.45) is 11.3 Å². The van der Waals surface area contributed by atoms with Crippen molar-refractivity contribution in [1.29, 1.82) is 0 Å². The van der Waals surface area contributed by atoms with Crippen LogP contribution in [0.5, 0.6) is 0 Å². The maximum absolute atomic E-state index is 12.1. The van der Waals surface area contributed by atoms with E-state index in [2.05, 4.69) is 33.8 Å². The molecule has 1 atom stereocenters. The molecule has 0 N–H and O–H groups in total. The van der Waals surface area contributed by atoms with Gasteiger partial charge >= 0.3 is 5.97 Å². The molecule has 1 radical (unpaired) electrons. The zero-order valence-electron chi connectivity index (χ0n) is 12.0. The van der Waals surface area contributed by atoms with Gasteiger partial charge in [-0.1, -0.05) is 62.5 Å². The summed E-state index contributed by atoms with van der Waals surface area (Å²) < 4.78 is 5.36. The van der Waals surface area contributed by atoms with Gasteiger partial charge in [0.1, 0.15) is 0 Å². The van der Waals surface area contributed by atoms with Gasteiger partial charge in [0.15, 0.2) is 0 Å². The highest BCUT2D eigenvalue weighted by molar-refractivity contribution is 6.44. The van der Waals surface area contributed by atoms with Crippen LogP contribution in [0.15, 0.2) is 6.07 Å². The predicted octanol–water partition coefficient (Wildman–Crippen LogP) is 5.68. The van der Waals surface area contributed by atoms with Crippen LogP contribution >= 0.6 is 34.8 Å². The number of carbonyl (C=O) groups is 1. The van der Waals surface area contributed by atoms with Gasteiger partial charge in [-0.05, 0) is 18.4 Å². The molecular formula is C15H18Cl3O2. The Labute approximate surface area is 135 Å². The van der Waals surface area contributed by atoms with E-state index >= 15 is 0 Å². The fourth-order valence-electron chi connectivity index (χ4n) is 1.62. The lowest BCUT2D eigenvalue weighted by Crippen LogP contribution is -2.30. The third-order valence-corrected chi connectivity index (χ3v) is 4.86. The van der Waals surface area contributed by atoms with Crippen molar-refractivity contribution >= 4 is 40.8 Å². The number of benzene rings is 1. The van der Waals surface area contributed by atoms with Crippen molar-refractivity contribution < 1.29 is 9.53 Å². The van der Waals surface area contributed by atoms with Gasteiger partial charge in [-0.3, -0.25) is 0 Å². The number of carbonyl (C=O) groups excluding carboxylic acids is 1. The van der Waals surface area contributed by atoms with Gasteiger partial charge in [0, 0.05) is 11.5 Å². The van der Waals surface area contributed by atoms with Gasteiger partial charge in [-0.25, -0.2) is 4.79 Å². The third-order valence-electron chi connectivity index (χ3n) is 3.87. The monoisotopic (exact) mass is 335 g/mol. The van der Waals surface area contributed by atoms with Crippen LogP contribution in [0.1, 0.15) is 44.5 Å². The first-order valence-corrected chi connectivity index (χ1v) is 7.58. The second-order valence-corrected chi connectivity index (χ2v) is 6.58. The molecule has 1 unspecified atom stereocenters. The molecule has 1 aromatic rings. The Morgan fingerprint density at radius 1 is 1.40 bits per heavy atom. The highest BCUT2D eigenvalue weighted by Gasteiger charge is 2.29. The molecule has 5 heteroatoms. The predicted molar refractivity (Wildman–Crippen MR) is 83.8 cm³/mol. The van der Waals surface area contributed by atoms with Gasteiger partial charge in [0.25, 0.3) is 0 Å². The number of esters is 1. The fourth-order valence-corrected chi connectivity index (χ4v) is 2.27. The minimum Gasteiger partial charge on any atom is -0.461 e. The lowest BCUT2D eigenvalue weighted by atomic mass is 9.78. The SMILES string of the molecule is CCC(C)(COC(=O)c1[c]c(Cl)cc(Cl)c1Cl)C(C)C. The van der Waals surface area contributed by atoms with Crippen LogP contribution in [0.4, 0.5) is 0 Å². The fraction of sp³-hybridized carbons (Fsp3) is 0.533. The Morgan fingerprint density at radius 3 is 2.50 bits per heavy atom. The standard InChI is InChI=1S/C15H18Cl3O2/c1-5-15(4,9(2)3)8-20-14(19)11-6-10(16)7-12(17)13(11)18/h7,9H,5,8H2,1-4H3. The molecule has 1 rings (SSSR count). The van der Waals surface area contributed by atoms with Gasteiger partial charge < -0.3 is 4.74 Å². The molecular weight excluding hydrogens is 319 g/mol. The molecule has 111 valence electrons. The number of hydrogen-bond donors (Lipinski definition) is 0. The quantitative estimate of drug-likeness (QED) is 0.511. The minimum atomic E-state index is -0.556. The van der Waals surface area contributed by atoms with Gasteiger partial charge in [-0.15, -0.1) is 0 Å². The number of halogens is 3. The molecule has 0 saturated carbocycles. The summed E-state index contributed by atoms with van der Waals surface area (Å²) in [6.45, 7) is 8.68. The third kappa shape index (κ3) is 4.03. The van der Waals surface area contributed by atoms with E-state index in [1.165, 1.54) is 6.07 Å². The highest BCUT2D eigenvalue weighted by Crippen LogP contribution is 2.33. The summed E-state index contributed by atoms with van der Waals surface area (Å²) in [5, 5.41) is 0.557. The van der Waals surface area contributed by atoms with Crippen LogP contribution in [0, 0.1) is 17.4 Å². The second kappa shape index (κ2) is 7.02. The smallest absolute Gasteiger partial charge is 0.340 e. The average molecular weight is 337 g/mol. The van der Waals surface area contributed by atoms with Crippen molar-refractivity contribution in [2.45, 2.75) is 34.1 Å². The van der Waals surface area contributed by atoms with Gasteiger partial charge in [-0.2, -0.15) is 0 Å². The molecule has 20 heavy (non-hydrogen) atoms. The van der Waals surface area contributed by atoms with E-state index < -0.39 is 5.97 Å². The molecule has 0 spiro atoms. The number of ether oxygens (including phenoxy) is 1. The molecule has 0 aliphatic heterocycles. The lowest BCUT2D eigenvalue weighted by Gasteiger charge is -2.31. The Kier molecular flexibility index (Phi) is 6.18. The zero-order chi connectivity index (χ0) is 15.5. The summed E-state index contributed by atoms with van der Waals surface area (Å²) in [5.74, 6) is -0.164. The largest absolute Gasteiger partial charge is 0.461 e. The molecule has 0 amide bonds. The summed E-state index contributed by atoms with van der Waals surface area (Å²) in [7, 11) is 0. The van der Waals surface area contributed by atoms with Crippen LogP contribution < -0.4 is 0 Å². The van der Waals surface area contributed by atoms with E-state index in [0.717, 1.165) is 6.42 Å². The molecule has 0 aromatic heterocycles. The van der Waals surface area contributed by atoms with Crippen LogP contribution in [0.25, 0.3) is 0 Å². The highest BCUT2D eigenvalue weighted by atomic mass is 35.5. The van der Waals surface area contributed by atoms with E-state index in [1.807, 2.05) is 0 Å². The summed E-state index contributed by atoms with van der Waals surface area (Å²) in [5.41, 5.74) is -0.00352. The number of hydrogen-bond acceptors (Lipinski definition) is 2. The van der Waals surface area contributed by atoms with Crippen LogP contribution in [0.2, 0.25) is 15.1 Å². The van der Waals surface area contributed by atoms with Crippen LogP contribution in [0.3, 0.4) is 0 Å². The van der Waals surface area contributed by atoms with Crippen molar-refractivity contribution in [1.82, 2.24) is 0 Å². The molecule has 0 aliphatic rings. The Balaban J connectivity index is 2.88. The first kappa shape index (κ1) is 17.6. The lowest BCUT2D eigenvalue weighted by molar-refractivity contribution is 0.0194. The topological polar surface area (TPSA) is 26.3 Å². The Morgan fingerprint density at radius 2 is 2.00 bits per heavy atom. The first-order chi connectivity index (χ1) is 9.21. The Bertz CT molecular complexity index is 500. The van der Waals surface area contributed by atoms with Crippen LogP contribution in [-0.2, 0) is 4.74 Å². The summed E-state index contributed by atoms with van der Waals surface area (Å²) in [6, 6.07) is 4.11. The average Bonchev–Trinajstić information content (AvgIpc) is 2.39.